The van der Waals surface area contributed by atoms with E-state index in [-0.39, 0.29) is 12.1 Å². The molecule has 0 saturated carbocycles. The van der Waals surface area contributed by atoms with Crippen LogP contribution in [0.15, 0.2) is 79.9 Å². The van der Waals surface area contributed by atoms with E-state index in [0.29, 0.717) is 13.0 Å². The Balaban J connectivity index is 2.25. The van der Waals surface area contributed by atoms with Gasteiger partial charge < -0.3 is 4.74 Å². The van der Waals surface area contributed by atoms with Crippen molar-refractivity contribution in [3.8, 4) is 0 Å². The Morgan fingerprint density at radius 3 is 2.15 bits per heavy atom. The van der Waals surface area contributed by atoms with Crippen molar-refractivity contribution in [2.45, 2.75) is 38.8 Å². The molecule has 1 amide bonds. The van der Waals surface area contributed by atoms with Crippen molar-refractivity contribution in [3.63, 3.8) is 0 Å². The van der Waals surface area contributed by atoms with Gasteiger partial charge in [0.05, 0.1) is 6.04 Å². The van der Waals surface area contributed by atoms with Gasteiger partial charge in [0.1, 0.15) is 5.60 Å². The lowest BCUT2D eigenvalue weighted by atomic mass is 10.0. The Labute approximate surface area is 163 Å². The minimum Gasteiger partial charge on any atom is -0.444 e. The molecule has 2 aromatic carbocycles. The van der Waals surface area contributed by atoms with Crippen LogP contribution in [0.2, 0.25) is 0 Å². The molecule has 0 heterocycles. The quantitative estimate of drug-likeness (QED) is 0.588. The molecule has 3 nitrogen and oxygen atoms in total. The van der Waals surface area contributed by atoms with Gasteiger partial charge in [-0.2, -0.15) is 0 Å². The molecule has 27 heavy (non-hydrogen) atoms. The van der Waals surface area contributed by atoms with Gasteiger partial charge in [0.15, 0.2) is 0 Å². The second kappa shape index (κ2) is 9.22. The van der Waals surface area contributed by atoms with E-state index in [2.05, 4.69) is 25.3 Å². The first-order valence-corrected chi connectivity index (χ1v) is 9.19. The van der Waals surface area contributed by atoms with E-state index >= 15 is 0 Å². The van der Waals surface area contributed by atoms with Crippen LogP contribution in [0.4, 0.5) is 4.79 Å². The van der Waals surface area contributed by atoms with Gasteiger partial charge in [-0.15, -0.1) is 6.58 Å². The third-order valence-corrected chi connectivity index (χ3v) is 4.13. The summed E-state index contributed by atoms with van der Waals surface area (Å²) in [6.45, 7) is 14.1. The Morgan fingerprint density at radius 1 is 1.07 bits per heavy atom. The van der Waals surface area contributed by atoms with Crippen LogP contribution >= 0.6 is 0 Å². The van der Waals surface area contributed by atoms with Gasteiger partial charge in [-0.3, -0.25) is 4.90 Å². The van der Waals surface area contributed by atoms with Gasteiger partial charge in [0, 0.05) is 6.54 Å². The lowest BCUT2D eigenvalue weighted by Gasteiger charge is -2.33. The molecule has 0 radical (unpaired) electrons. The largest absolute Gasteiger partial charge is 0.444 e. The van der Waals surface area contributed by atoms with Gasteiger partial charge in [-0.25, -0.2) is 4.79 Å². The minimum atomic E-state index is -0.568. The number of amides is 1. The fraction of sp³-hybridized carbons (Fsp3) is 0.292. The summed E-state index contributed by atoms with van der Waals surface area (Å²) in [7, 11) is 0. The van der Waals surface area contributed by atoms with Crippen molar-refractivity contribution in [1.29, 1.82) is 0 Å². The summed E-state index contributed by atoms with van der Waals surface area (Å²) < 4.78 is 5.66. The highest BCUT2D eigenvalue weighted by Gasteiger charge is 2.27. The molecular weight excluding hydrogens is 334 g/mol. The van der Waals surface area contributed by atoms with Crippen molar-refractivity contribution in [3.05, 3.63) is 91.0 Å². The van der Waals surface area contributed by atoms with Gasteiger partial charge in [-0.1, -0.05) is 73.3 Å². The average Bonchev–Trinajstić information content (AvgIpc) is 2.64. The summed E-state index contributed by atoms with van der Waals surface area (Å²) in [6.07, 6.45) is 2.11. The van der Waals surface area contributed by atoms with Crippen molar-refractivity contribution >= 4 is 11.7 Å². The maximum absolute atomic E-state index is 12.9. The maximum Gasteiger partial charge on any atom is 0.411 e. The van der Waals surface area contributed by atoms with Crippen LogP contribution < -0.4 is 0 Å². The molecule has 3 heteroatoms. The monoisotopic (exact) mass is 363 g/mol. The summed E-state index contributed by atoms with van der Waals surface area (Å²) in [6, 6.07) is 19.8. The Hall–Kier alpha value is -2.81. The van der Waals surface area contributed by atoms with Crippen LogP contribution in [0.3, 0.4) is 0 Å². The summed E-state index contributed by atoms with van der Waals surface area (Å²) in [5, 5.41) is 0. The Morgan fingerprint density at radius 2 is 1.63 bits per heavy atom. The van der Waals surface area contributed by atoms with Gasteiger partial charge >= 0.3 is 6.09 Å². The van der Waals surface area contributed by atoms with Gasteiger partial charge in [-0.05, 0) is 43.9 Å². The first-order valence-electron chi connectivity index (χ1n) is 9.19. The fourth-order valence-corrected chi connectivity index (χ4v) is 2.78. The first kappa shape index (κ1) is 20.5. The molecule has 0 bridgehead atoms. The molecule has 0 aliphatic carbocycles. The lowest BCUT2D eigenvalue weighted by Crippen LogP contribution is -2.44. The minimum absolute atomic E-state index is 0.192. The summed E-state index contributed by atoms with van der Waals surface area (Å²) in [4.78, 5) is 14.6. The molecule has 0 aliphatic heterocycles. The highest BCUT2D eigenvalue weighted by molar-refractivity contribution is 5.74. The molecule has 0 fully saturated rings. The topological polar surface area (TPSA) is 29.5 Å². The van der Waals surface area contributed by atoms with E-state index in [9.17, 15) is 4.79 Å². The van der Waals surface area contributed by atoms with E-state index in [1.54, 1.807) is 11.0 Å². The summed E-state index contributed by atoms with van der Waals surface area (Å²) >= 11 is 0. The smallest absolute Gasteiger partial charge is 0.411 e. The van der Waals surface area contributed by atoms with E-state index in [4.69, 9.17) is 4.74 Å². The highest BCUT2D eigenvalue weighted by Crippen LogP contribution is 2.20. The Bertz CT molecular complexity index is 760. The molecule has 1 unspecified atom stereocenters. The molecule has 0 aliphatic rings. The molecule has 0 spiro atoms. The van der Waals surface area contributed by atoms with Crippen LogP contribution in [0.5, 0.6) is 0 Å². The van der Waals surface area contributed by atoms with Gasteiger partial charge in [0.25, 0.3) is 0 Å². The molecule has 1 atom stereocenters. The first-order chi connectivity index (χ1) is 12.8. The number of rotatable bonds is 7. The zero-order chi connectivity index (χ0) is 19.9. The normalized spacial score (nSPS) is 12.1. The fourth-order valence-electron chi connectivity index (χ4n) is 2.78. The number of hydrogen-bond donors (Lipinski definition) is 0. The van der Waals surface area contributed by atoms with Gasteiger partial charge in [0.2, 0.25) is 0 Å². The standard InChI is InChI=1S/C24H29NO2/c1-6-22(17-20-13-9-7-10-14-20)25(23(26)27-24(3,4)5)18-19(2)21-15-11-8-12-16-21/h6-16,22H,1-2,17-18H2,3-5H3. The molecule has 0 aromatic heterocycles. The second-order valence-electron chi connectivity index (χ2n) is 7.57. The van der Waals surface area contributed by atoms with E-state index in [1.165, 1.54) is 0 Å². The molecular formula is C24H29NO2. The molecule has 0 N–H and O–H groups in total. The van der Waals surface area contributed by atoms with E-state index in [0.717, 1.165) is 16.7 Å². The predicted molar refractivity (Wildman–Crippen MR) is 113 cm³/mol. The van der Waals surface area contributed by atoms with Crippen molar-refractivity contribution in [2.75, 3.05) is 6.54 Å². The van der Waals surface area contributed by atoms with Crippen molar-refractivity contribution in [2.24, 2.45) is 0 Å². The number of carbonyl (C=O) groups excluding carboxylic acids is 1. The van der Waals surface area contributed by atoms with Crippen LogP contribution in [0.25, 0.3) is 5.57 Å². The maximum atomic E-state index is 12.9. The number of hydrogen-bond acceptors (Lipinski definition) is 2. The average molecular weight is 364 g/mol. The van der Waals surface area contributed by atoms with Crippen LogP contribution in [0, 0.1) is 0 Å². The highest BCUT2D eigenvalue weighted by atomic mass is 16.6. The Kier molecular flexibility index (Phi) is 7.00. The lowest BCUT2D eigenvalue weighted by molar-refractivity contribution is 0.0229. The van der Waals surface area contributed by atoms with Crippen molar-refractivity contribution < 1.29 is 9.53 Å². The zero-order valence-corrected chi connectivity index (χ0v) is 16.5. The molecule has 2 aromatic rings. The summed E-state index contributed by atoms with van der Waals surface area (Å²) in [5.41, 5.74) is 2.44. The number of nitrogens with zero attached hydrogens (tertiary/aromatic N) is 1. The molecule has 2 rings (SSSR count). The van der Waals surface area contributed by atoms with Crippen LogP contribution in [-0.2, 0) is 11.2 Å². The SMILES string of the molecule is C=CC(Cc1ccccc1)N(CC(=C)c1ccccc1)C(=O)OC(C)(C)C. The zero-order valence-electron chi connectivity index (χ0n) is 16.5. The molecule has 0 saturated heterocycles. The van der Waals surface area contributed by atoms with E-state index in [1.807, 2.05) is 69.3 Å². The van der Waals surface area contributed by atoms with Crippen LogP contribution in [0.1, 0.15) is 31.9 Å². The van der Waals surface area contributed by atoms with E-state index < -0.39 is 5.60 Å². The second-order valence-corrected chi connectivity index (χ2v) is 7.57. The number of ether oxygens (including phenoxy) is 1. The third-order valence-electron chi connectivity index (χ3n) is 4.13. The summed E-state index contributed by atoms with van der Waals surface area (Å²) in [5.74, 6) is 0. The third kappa shape index (κ3) is 6.45. The van der Waals surface area contributed by atoms with Crippen LogP contribution in [-0.4, -0.2) is 29.2 Å². The molecule has 142 valence electrons. The van der Waals surface area contributed by atoms with Crippen molar-refractivity contribution in [1.82, 2.24) is 4.90 Å². The number of carbonyl (C=O) groups is 1. The number of benzene rings is 2. The predicted octanol–water partition coefficient (Wildman–Crippen LogP) is 5.73.